The summed E-state index contributed by atoms with van der Waals surface area (Å²) < 4.78 is 24.6. The first-order valence-corrected chi connectivity index (χ1v) is 11.2. The van der Waals surface area contributed by atoms with Gasteiger partial charge in [0.1, 0.15) is 11.6 Å². The lowest BCUT2D eigenvalue weighted by Crippen LogP contribution is -2.30. The highest BCUT2D eigenvalue weighted by Gasteiger charge is 2.47. The molecule has 7 heteroatoms. The first-order valence-electron chi connectivity index (χ1n) is 11.2. The molecule has 1 atom stereocenters. The van der Waals surface area contributed by atoms with Crippen LogP contribution in [-0.2, 0) is 9.59 Å². The fraction of sp³-hybridized carbons (Fsp3) is 0.214. The lowest BCUT2D eigenvalue weighted by atomic mass is 9.94. The molecule has 1 aliphatic rings. The highest BCUT2D eigenvalue weighted by atomic mass is 19.1. The molecule has 1 aliphatic heterocycles. The number of aryl methyl sites for hydroxylation is 2. The summed E-state index contributed by atoms with van der Waals surface area (Å²) in [4.78, 5) is 28.1. The summed E-state index contributed by atoms with van der Waals surface area (Å²) in [5, 5.41) is 11.2. The maximum absolute atomic E-state index is 13.5. The largest absolute Gasteiger partial charge is 0.507 e. The van der Waals surface area contributed by atoms with Crippen LogP contribution in [0.2, 0.25) is 0 Å². The van der Waals surface area contributed by atoms with E-state index >= 15 is 0 Å². The lowest BCUT2D eigenvalue weighted by molar-refractivity contribution is -0.132. The highest BCUT2D eigenvalue weighted by molar-refractivity contribution is 6.51. The minimum absolute atomic E-state index is 0.0887. The van der Waals surface area contributed by atoms with E-state index in [1.807, 2.05) is 32.9 Å². The molecule has 180 valence electrons. The van der Waals surface area contributed by atoms with Crippen molar-refractivity contribution < 1.29 is 28.6 Å². The van der Waals surface area contributed by atoms with Gasteiger partial charge in [-0.3, -0.25) is 14.5 Å². The third kappa shape index (κ3) is 4.37. The highest BCUT2D eigenvalue weighted by Crippen LogP contribution is 2.45. The monoisotopic (exact) mass is 475 g/mol. The van der Waals surface area contributed by atoms with Crippen molar-refractivity contribution in [2.24, 2.45) is 0 Å². The van der Waals surface area contributed by atoms with Gasteiger partial charge in [-0.05, 0) is 74.4 Å². The number of amides is 1. The minimum atomic E-state index is -0.938. The Kier molecular flexibility index (Phi) is 6.60. The number of methoxy groups -OCH3 is 1. The number of rotatable bonds is 6. The van der Waals surface area contributed by atoms with E-state index in [4.69, 9.17) is 9.47 Å². The van der Waals surface area contributed by atoms with Crippen LogP contribution >= 0.6 is 0 Å². The van der Waals surface area contributed by atoms with E-state index in [9.17, 15) is 19.1 Å². The van der Waals surface area contributed by atoms with Crippen LogP contribution in [0.25, 0.3) is 5.76 Å². The number of halogens is 1. The number of carbonyl (C=O) groups excluding carboxylic acids is 2. The number of nitrogens with zero attached hydrogens (tertiary/aromatic N) is 1. The standard InChI is InChI=1S/C28H26FNO5/c1-5-35-23-15-19(9-13-22(23)34-4)25-24(26(31)18-7-10-20(29)11-8-18)27(32)28(33)30(25)21-12-6-16(2)14-17(21)3/h6-15,25,31H,5H2,1-4H3/b26-24+. The zero-order valence-electron chi connectivity index (χ0n) is 20.0. The van der Waals surface area contributed by atoms with Crippen LogP contribution in [0.1, 0.15) is 35.2 Å². The molecule has 0 saturated carbocycles. The predicted octanol–water partition coefficient (Wildman–Crippen LogP) is 5.48. The van der Waals surface area contributed by atoms with E-state index in [1.165, 1.54) is 36.3 Å². The summed E-state index contributed by atoms with van der Waals surface area (Å²) in [6.07, 6.45) is 0. The molecule has 1 heterocycles. The number of aliphatic hydroxyl groups is 1. The quantitative estimate of drug-likeness (QED) is 0.290. The van der Waals surface area contributed by atoms with Crippen LogP contribution in [0, 0.1) is 19.7 Å². The van der Waals surface area contributed by atoms with Crippen LogP contribution in [0.4, 0.5) is 10.1 Å². The molecule has 1 saturated heterocycles. The molecule has 3 aromatic rings. The second-order valence-electron chi connectivity index (χ2n) is 8.31. The van der Waals surface area contributed by atoms with Gasteiger partial charge in [0.25, 0.3) is 11.7 Å². The Balaban J connectivity index is 1.98. The molecule has 3 aromatic carbocycles. The second-order valence-corrected chi connectivity index (χ2v) is 8.31. The molecule has 1 unspecified atom stereocenters. The maximum atomic E-state index is 13.5. The van der Waals surface area contributed by atoms with Crippen molar-refractivity contribution in [2.45, 2.75) is 26.8 Å². The molecular weight excluding hydrogens is 449 g/mol. The maximum Gasteiger partial charge on any atom is 0.300 e. The minimum Gasteiger partial charge on any atom is -0.507 e. The normalized spacial score (nSPS) is 17.1. The Hall–Kier alpha value is -4.13. The van der Waals surface area contributed by atoms with Crippen molar-refractivity contribution in [3.63, 3.8) is 0 Å². The first kappa shape index (κ1) is 24.0. The van der Waals surface area contributed by atoms with Crippen molar-refractivity contribution >= 4 is 23.1 Å². The topological polar surface area (TPSA) is 76.1 Å². The number of ketones is 1. The Morgan fingerprint density at radius 3 is 2.34 bits per heavy atom. The zero-order chi connectivity index (χ0) is 25.3. The molecule has 35 heavy (non-hydrogen) atoms. The molecule has 0 aliphatic carbocycles. The van der Waals surface area contributed by atoms with Crippen molar-refractivity contribution in [3.8, 4) is 11.5 Å². The summed E-state index contributed by atoms with van der Waals surface area (Å²) in [6.45, 7) is 6.02. The van der Waals surface area contributed by atoms with Gasteiger partial charge in [-0.1, -0.05) is 23.8 Å². The number of aliphatic hydroxyl groups excluding tert-OH is 1. The zero-order valence-corrected chi connectivity index (χ0v) is 20.0. The summed E-state index contributed by atoms with van der Waals surface area (Å²) in [7, 11) is 1.52. The number of hydrogen-bond acceptors (Lipinski definition) is 5. The van der Waals surface area contributed by atoms with Gasteiger partial charge >= 0.3 is 0 Å². The average molecular weight is 476 g/mol. The van der Waals surface area contributed by atoms with E-state index in [2.05, 4.69) is 0 Å². The average Bonchev–Trinajstić information content (AvgIpc) is 3.10. The van der Waals surface area contributed by atoms with Crippen LogP contribution < -0.4 is 14.4 Å². The molecule has 1 amide bonds. The summed E-state index contributed by atoms with van der Waals surface area (Å²) in [6, 6.07) is 14.9. The van der Waals surface area contributed by atoms with Crippen molar-refractivity contribution in [1.82, 2.24) is 0 Å². The molecule has 0 radical (unpaired) electrons. The molecule has 4 rings (SSSR count). The summed E-state index contributed by atoms with van der Waals surface area (Å²) in [5.41, 5.74) is 3.06. The summed E-state index contributed by atoms with van der Waals surface area (Å²) >= 11 is 0. The Morgan fingerprint density at radius 2 is 1.71 bits per heavy atom. The smallest absolute Gasteiger partial charge is 0.300 e. The summed E-state index contributed by atoms with van der Waals surface area (Å²) in [5.74, 6) is -1.51. The number of anilines is 1. The van der Waals surface area contributed by atoms with Gasteiger partial charge in [-0.15, -0.1) is 0 Å². The fourth-order valence-corrected chi connectivity index (χ4v) is 4.37. The molecule has 0 spiro atoms. The lowest BCUT2D eigenvalue weighted by Gasteiger charge is -2.27. The van der Waals surface area contributed by atoms with Crippen molar-refractivity contribution in [2.75, 3.05) is 18.6 Å². The Morgan fingerprint density at radius 1 is 1.00 bits per heavy atom. The SMILES string of the molecule is CCOc1cc(C2/C(=C(\O)c3ccc(F)cc3)C(=O)C(=O)N2c2ccc(C)cc2C)ccc1OC. The fourth-order valence-electron chi connectivity index (χ4n) is 4.37. The van der Waals surface area contributed by atoms with Gasteiger partial charge in [0, 0.05) is 11.3 Å². The Bertz CT molecular complexity index is 1330. The van der Waals surface area contributed by atoms with Gasteiger partial charge < -0.3 is 14.6 Å². The van der Waals surface area contributed by atoms with Crippen LogP contribution in [0.5, 0.6) is 11.5 Å². The molecule has 1 fully saturated rings. The van der Waals surface area contributed by atoms with Crippen LogP contribution in [0.15, 0.2) is 66.2 Å². The van der Waals surface area contributed by atoms with Crippen molar-refractivity contribution in [1.29, 1.82) is 0 Å². The first-order chi connectivity index (χ1) is 16.8. The van der Waals surface area contributed by atoms with E-state index < -0.39 is 23.5 Å². The number of benzene rings is 3. The molecule has 0 bridgehead atoms. The van der Waals surface area contributed by atoms with Gasteiger partial charge in [-0.2, -0.15) is 0 Å². The Labute approximate surface area is 203 Å². The van der Waals surface area contributed by atoms with Crippen LogP contribution in [0.3, 0.4) is 0 Å². The molecular formula is C28H26FNO5. The van der Waals surface area contributed by atoms with E-state index in [-0.39, 0.29) is 16.9 Å². The van der Waals surface area contributed by atoms with E-state index in [0.29, 0.717) is 29.4 Å². The number of ether oxygens (including phenoxy) is 2. The molecule has 6 nitrogen and oxygen atoms in total. The van der Waals surface area contributed by atoms with E-state index in [1.54, 1.807) is 24.3 Å². The van der Waals surface area contributed by atoms with Gasteiger partial charge in [0.15, 0.2) is 11.5 Å². The van der Waals surface area contributed by atoms with Gasteiger partial charge in [0.2, 0.25) is 0 Å². The third-order valence-corrected chi connectivity index (χ3v) is 5.98. The van der Waals surface area contributed by atoms with Crippen molar-refractivity contribution in [3.05, 3.63) is 94.3 Å². The van der Waals surface area contributed by atoms with Crippen LogP contribution in [-0.4, -0.2) is 30.5 Å². The third-order valence-electron chi connectivity index (χ3n) is 5.98. The number of carbonyl (C=O) groups is 2. The second kappa shape index (κ2) is 9.62. The number of hydrogen-bond donors (Lipinski definition) is 1. The predicted molar refractivity (Wildman–Crippen MR) is 131 cm³/mol. The van der Waals surface area contributed by atoms with E-state index in [0.717, 1.165) is 11.1 Å². The molecule has 1 N–H and O–H groups in total. The van der Waals surface area contributed by atoms with Gasteiger partial charge in [-0.25, -0.2) is 4.39 Å². The van der Waals surface area contributed by atoms with Gasteiger partial charge in [0.05, 0.1) is 25.3 Å². The molecule has 0 aromatic heterocycles. The number of Topliss-reactive ketones (excluding diaryl/α,β-unsaturated/α-hetero) is 1.